The van der Waals surface area contributed by atoms with Gasteiger partial charge < -0.3 is 5.32 Å². The number of pyridine rings is 1. The fourth-order valence-corrected chi connectivity index (χ4v) is 8.14. The normalized spacial score (nSPS) is 19.9. The number of carbonyl (C=O) groups excluding carboxylic acids is 3. The van der Waals surface area contributed by atoms with Crippen molar-refractivity contribution in [3.8, 4) is 0 Å². The van der Waals surface area contributed by atoms with Crippen LogP contribution in [0.2, 0.25) is 0 Å². The smallest absolute Gasteiger partial charge is 0.324 e. The zero-order chi connectivity index (χ0) is 29.8. The predicted molar refractivity (Wildman–Crippen MR) is 152 cm³/mol. The van der Waals surface area contributed by atoms with Crippen molar-refractivity contribution in [2.24, 2.45) is 5.92 Å². The number of anilines is 2. The molecule has 3 atom stereocenters. The van der Waals surface area contributed by atoms with Gasteiger partial charge in [0.1, 0.15) is 11.8 Å². The maximum atomic E-state index is 13.9. The molecule has 6 rings (SSSR count). The molecule has 1 saturated heterocycles. The number of para-hydroxylation sites is 2. The number of imide groups is 1. The van der Waals surface area contributed by atoms with Gasteiger partial charge in [-0.25, -0.2) is 4.90 Å². The van der Waals surface area contributed by atoms with Crippen molar-refractivity contribution < 1.29 is 27.6 Å². The predicted octanol–water partition coefficient (Wildman–Crippen LogP) is 5.07. The summed E-state index contributed by atoms with van der Waals surface area (Å²) in [6, 6.07) is 14.9. The second kappa shape index (κ2) is 10.6. The van der Waals surface area contributed by atoms with Gasteiger partial charge in [0.2, 0.25) is 17.7 Å². The Labute approximate surface area is 245 Å². The van der Waals surface area contributed by atoms with Crippen LogP contribution in [0, 0.1) is 12.8 Å². The molecule has 0 spiro atoms. The van der Waals surface area contributed by atoms with Crippen LogP contribution in [0.1, 0.15) is 27.5 Å². The summed E-state index contributed by atoms with van der Waals surface area (Å²) >= 11 is 1.77. The van der Waals surface area contributed by atoms with E-state index in [1.807, 2.05) is 19.1 Å². The number of halogens is 3. The number of thiazole rings is 1. The van der Waals surface area contributed by atoms with Crippen LogP contribution in [0.3, 0.4) is 0 Å². The largest absolute Gasteiger partial charge is 0.418 e. The van der Waals surface area contributed by atoms with Crippen molar-refractivity contribution in [2.45, 2.75) is 35.8 Å². The molecule has 8 nitrogen and oxygen atoms in total. The van der Waals surface area contributed by atoms with Gasteiger partial charge in [-0.05, 0) is 42.3 Å². The fraction of sp³-hybridized carbons (Fsp3) is 0.207. The van der Waals surface area contributed by atoms with E-state index in [4.69, 9.17) is 0 Å². The molecule has 3 amide bonds. The Bertz CT molecular complexity index is 1790. The number of fused-ring (bicyclic) bond motifs is 2. The number of hydrogen-bond acceptors (Lipinski definition) is 7. The van der Waals surface area contributed by atoms with Gasteiger partial charge in [-0.3, -0.25) is 28.7 Å². The molecule has 2 aliphatic heterocycles. The minimum Gasteiger partial charge on any atom is -0.324 e. The maximum absolute atomic E-state index is 13.9. The monoisotopic (exact) mass is 610 g/mol. The minimum atomic E-state index is -4.80. The minimum absolute atomic E-state index is 0.326. The Morgan fingerprint density at radius 1 is 1.00 bits per heavy atom. The van der Waals surface area contributed by atoms with E-state index >= 15 is 0 Å². The van der Waals surface area contributed by atoms with Gasteiger partial charge in [0.15, 0.2) is 0 Å². The number of carbonyl (C=O) groups is 3. The molecule has 2 aromatic carbocycles. The third-order valence-corrected chi connectivity index (χ3v) is 9.87. The number of amides is 3. The molecule has 4 aromatic rings. The molecule has 0 unspecified atom stereocenters. The van der Waals surface area contributed by atoms with Crippen molar-refractivity contribution in [1.82, 2.24) is 9.55 Å². The highest BCUT2D eigenvalue weighted by molar-refractivity contribution is 8.00. The second-order valence-corrected chi connectivity index (χ2v) is 12.0. The van der Waals surface area contributed by atoms with E-state index in [2.05, 4.69) is 10.3 Å². The van der Waals surface area contributed by atoms with Crippen LogP contribution in [-0.4, -0.2) is 32.5 Å². The molecule has 0 aliphatic carbocycles. The molecule has 42 heavy (non-hydrogen) atoms. The summed E-state index contributed by atoms with van der Waals surface area (Å²) in [5.74, 6) is -4.01. The quantitative estimate of drug-likeness (QED) is 0.317. The summed E-state index contributed by atoms with van der Waals surface area (Å²) in [5.41, 5.74) is 0.287. The summed E-state index contributed by atoms with van der Waals surface area (Å²) in [6.45, 7) is 1.47. The van der Waals surface area contributed by atoms with Gasteiger partial charge in [0, 0.05) is 28.9 Å². The Morgan fingerprint density at radius 3 is 2.45 bits per heavy atom. The van der Waals surface area contributed by atoms with Gasteiger partial charge in [0.25, 0.3) is 0 Å². The summed E-state index contributed by atoms with van der Waals surface area (Å²) in [4.78, 5) is 58.6. The lowest BCUT2D eigenvalue weighted by Crippen LogP contribution is -2.33. The van der Waals surface area contributed by atoms with E-state index in [1.165, 1.54) is 29.1 Å². The Kier molecular flexibility index (Phi) is 7.01. The number of aromatic nitrogens is 2. The first kappa shape index (κ1) is 27.9. The highest BCUT2D eigenvalue weighted by Crippen LogP contribution is 2.54. The van der Waals surface area contributed by atoms with Gasteiger partial charge >= 0.3 is 11.0 Å². The lowest BCUT2D eigenvalue weighted by atomic mass is 9.84. The van der Waals surface area contributed by atoms with Gasteiger partial charge in [-0.1, -0.05) is 59.5 Å². The van der Waals surface area contributed by atoms with E-state index in [1.54, 1.807) is 24.3 Å². The summed E-state index contributed by atoms with van der Waals surface area (Å²) < 4.78 is 42.9. The third-order valence-electron chi connectivity index (χ3n) is 7.26. The van der Waals surface area contributed by atoms with Crippen molar-refractivity contribution in [2.75, 3.05) is 10.2 Å². The van der Waals surface area contributed by atoms with Crippen LogP contribution in [-0.2, 0) is 27.1 Å². The summed E-state index contributed by atoms with van der Waals surface area (Å²) in [7, 11) is 0. The Morgan fingerprint density at radius 2 is 1.74 bits per heavy atom. The zero-order valence-corrected chi connectivity index (χ0v) is 23.4. The molecule has 1 N–H and O–H groups in total. The number of hydrogen-bond donors (Lipinski definition) is 1. The number of alkyl halides is 3. The lowest BCUT2D eigenvalue weighted by molar-refractivity contribution is -0.137. The number of aryl methyl sites for hydroxylation is 1. The fourth-order valence-electron chi connectivity index (χ4n) is 5.37. The average Bonchev–Trinajstić information content (AvgIpc) is 3.40. The number of benzene rings is 2. The van der Waals surface area contributed by atoms with Gasteiger partial charge in [-0.2, -0.15) is 13.2 Å². The maximum Gasteiger partial charge on any atom is 0.418 e. The molecule has 0 radical (unpaired) electrons. The summed E-state index contributed by atoms with van der Waals surface area (Å²) in [5, 5.41) is 1.98. The van der Waals surface area contributed by atoms with E-state index in [0.29, 0.717) is 26.1 Å². The third kappa shape index (κ3) is 4.71. The van der Waals surface area contributed by atoms with Crippen LogP contribution in [0.25, 0.3) is 0 Å². The van der Waals surface area contributed by atoms with Crippen molar-refractivity contribution in [3.63, 3.8) is 0 Å². The molecule has 214 valence electrons. The highest BCUT2D eigenvalue weighted by atomic mass is 32.2. The van der Waals surface area contributed by atoms with E-state index < -0.39 is 57.1 Å². The Hall–Kier alpha value is -4.23. The molecule has 0 saturated carbocycles. The zero-order valence-electron chi connectivity index (χ0n) is 21.8. The molecular weight excluding hydrogens is 589 g/mol. The number of thioether (sulfide) groups is 1. The first-order valence-electron chi connectivity index (χ1n) is 12.8. The standard InChI is InChI=1S/C29H21F3N4O4S2/c1-15-7-2-4-10-18(15)34-20(37)14-35-27-24(42-28(35)40)21(16-8-6-12-33-13-16)22-23(41-27)26(39)36(25(22)38)19-11-5-3-9-17(19)29(30,31)32/h2-13,21-23H,14H2,1H3,(H,34,37)/t21-,22-,23+/m0/s1. The molecule has 1 fully saturated rings. The van der Waals surface area contributed by atoms with E-state index in [0.717, 1.165) is 40.8 Å². The Balaban J connectivity index is 1.43. The van der Waals surface area contributed by atoms with Crippen LogP contribution in [0.15, 0.2) is 82.9 Å². The molecule has 0 bridgehead atoms. The number of nitrogens with one attached hydrogen (secondary N) is 1. The highest BCUT2D eigenvalue weighted by Gasteiger charge is 2.57. The van der Waals surface area contributed by atoms with E-state index in [9.17, 15) is 32.3 Å². The molecule has 4 heterocycles. The second-order valence-electron chi connectivity index (χ2n) is 9.84. The molecule has 13 heteroatoms. The van der Waals surface area contributed by atoms with E-state index in [-0.39, 0.29) is 6.54 Å². The number of rotatable bonds is 5. The number of nitrogens with zero attached hydrogens (tertiary/aromatic N) is 3. The summed E-state index contributed by atoms with van der Waals surface area (Å²) in [6.07, 6.45) is -1.77. The SMILES string of the molecule is Cc1ccccc1NC(=O)Cn1c2c(sc1=O)[C@@H](c1cccnc1)[C@@H]1C(=O)N(c3ccccc3C(F)(F)F)C(=O)[C@@H]1S2. The lowest BCUT2D eigenvalue weighted by Gasteiger charge is -2.30. The molecule has 2 aliphatic rings. The first-order valence-corrected chi connectivity index (χ1v) is 14.5. The average molecular weight is 611 g/mol. The van der Waals surface area contributed by atoms with Gasteiger partial charge in [0.05, 0.1) is 22.2 Å². The first-order chi connectivity index (χ1) is 20.1. The van der Waals surface area contributed by atoms with Crippen LogP contribution in [0.5, 0.6) is 0 Å². The van der Waals surface area contributed by atoms with Crippen LogP contribution in [0.4, 0.5) is 24.5 Å². The van der Waals surface area contributed by atoms with Crippen molar-refractivity contribution in [1.29, 1.82) is 0 Å². The van der Waals surface area contributed by atoms with Crippen molar-refractivity contribution in [3.05, 3.63) is 104 Å². The van der Waals surface area contributed by atoms with Crippen LogP contribution < -0.4 is 15.1 Å². The van der Waals surface area contributed by atoms with Gasteiger partial charge in [-0.15, -0.1) is 0 Å². The molecular formula is C29H21F3N4O4S2. The topological polar surface area (TPSA) is 101 Å². The molecule has 2 aromatic heterocycles. The van der Waals surface area contributed by atoms with Crippen LogP contribution >= 0.6 is 23.1 Å². The van der Waals surface area contributed by atoms with Crippen molar-refractivity contribution >= 4 is 52.2 Å².